The van der Waals surface area contributed by atoms with E-state index in [-0.39, 0.29) is 24.9 Å². The van der Waals surface area contributed by atoms with Gasteiger partial charge >= 0.3 is 5.97 Å². The van der Waals surface area contributed by atoms with Gasteiger partial charge in [0.2, 0.25) is 0 Å². The smallest absolute Gasteiger partial charge is 0.310 e. The van der Waals surface area contributed by atoms with Gasteiger partial charge in [0.25, 0.3) is 5.91 Å². The quantitative estimate of drug-likeness (QED) is 0.882. The number of H-pyrrole nitrogens is 1. The molecular weight excluding hydrogens is 292 g/mol. The van der Waals surface area contributed by atoms with E-state index in [1.165, 1.54) is 0 Å². The molecule has 1 atom stereocenters. The Kier molecular flexibility index (Phi) is 4.65. The summed E-state index contributed by atoms with van der Waals surface area (Å²) in [7, 11) is 0. The number of hydrogen-bond acceptors (Lipinski definition) is 3. The summed E-state index contributed by atoms with van der Waals surface area (Å²) in [6, 6.07) is 7.81. The van der Waals surface area contributed by atoms with Gasteiger partial charge in [-0.05, 0) is 30.4 Å². The number of piperidine rings is 1. The van der Waals surface area contributed by atoms with Crippen molar-refractivity contribution in [2.24, 2.45) is 5.92 Å². The topological polar surface area (TPSA) is 62.4 Å². The van der Waals surface area contributed by atoms with Crippen molar-refractivity contribution < 1.29 is 14.3 Å². The Bertz CT molecular complexity index is 707. The van der Waals surface area contributed by atoms with Gasteiger partial charge in [-0.1, -0.05) is 25.1 Å². The third-order valence-corrected chi connectivity index (χ3v) is 4.38. The average molecular weight is 314 g/mol. The number of nitrogens with zero attached hydrogens (tertiary/aromatic N) is 1. The van der Waals surface area contributed by atoms with Gasteiger partial charge in [0.05, 0.1) is 6.42 Å². The lowest BCUT2D eigenvalue weighted by Gasteiger charge is -2.30. The number of esters is 1. The summed E-state index contributed by atoms with van der Waals surface area (Å²) < 4.78 is 5.17. The third-order valence-electron chi connectivity index (χ3n) is 4.38. The summed E-state index contributed by atoms with van der Waals surface area (Å²) in [4.78, 5) is 29.0. The second-order valence-electron chi connectivity index (χ2n) is 6.28. The molecule has 1 aliphatic rings. The van der Waals surface area contributed by atoms with Gasteiger partial charge in [-0.2, -0.15) is 0 Å². The number of likely N-dealkylation sites (tertiary alicyclic amines) is 1. The molecule has 2 heterocycles. The Morgan fingerprint density at radius 1 is 1.35 bits per heavy atom. The highest BCUT2D eigenvalue weighted by molar-refractivity contribution is 5.88. The number of carbonyl (C=O) groups excluding carboxylic acids is 2. The van der Waals surface area contributed by atoms with Crippen molar-refractivity contribution in [1.82, 2.24) is 9.88 Å². The largest absolute Gasteiger partial charge is 0.455 e. The molecule has 1 aliphatic heterocycles. The number of aromatic nitrogens is 1. The zero-order valence-electron chi connectivity index (χ0n) is 13.4. The number of carbonyl (C=O) groups is 2. The van der Waals surface area contributed by atoms with Gasteiger partial charge in [0, 0.05) is 30.2 Å². The van der Waals surface area contributed by atoms with E-state index in [2.05, 4.69) is 11.9 Å². The minimum atomic E-state index is -0.367. The first-order valence-electron chi connectivity index (χ1n) is 8.12. The van der Waals surface area contributed by atoms with Gasteiger partial charge in [0.15, 0.2) is 6.61 Å². The van der Waals surface area contributed by atoms with Crippen molar-refractivity contribution in [2.75, 3.05) is 19.7 Å². The maximum Gasteiger partial charge on any atom is 0.310 e. The molecule has 1 aromatic heterocycles. The molecule has 0 spiro atoms. The second kappa shape index (κ2) is 6.86. The number of hydrogen-bond donors (Lipinski definition) is 1. The Morgan fingerprint density at radius 3 is 3.00 bits per heavy atom. The van der Waals surface area contributed by atoms with Crippen LogP contribution in [0.15, 0.2) is 30.5 Å². The van der Waals surface area contributed by atoms with E-state index in [0.717, 1.165) is 42.4 Å². The lowest BCUT2D eigenvalue weighted by molar-refractivity contribution is -0.152. The van der Waals surface area contributed by atoms with Crippen LogP contribution in [0, 0.1) is 5.92 Å². The first-order valence-corrected chi connectivity index (χ1v) is 8.12. The molecule has 0 bridgehead atoms. The van der Waals surface area contributed by atoms with Gasteiger partial charge in [0.1, 0.15) is 0 Å². The number of rotatable bonds is 4. The molecule has 1 aromatic carbocycles. The summed E-state index contributed by atoms with van der Waals surface area (Å²) in [5.74, 6) is 0.0617. The number of fused-ring (bicyclic) bond motifs is 1. The van der Waals surface area contributed by atoms with Gasteiger partial charge in [-0.3, -0.25) is 9.59 Å². The highest BCUT2D eigenvalue weighted by Gasteiger charge is 2.22. The minimum Gasteiger partial charge on any atom is -0.455 e. The maximum atomic E-state index is 12.1. The predicted molar refractivity (Wildman–Crippen MR) is 87.9 cm³/mol. The minimum absolute atomic E-state index is 0.0937. The van der Waals surface area contributed by atoms with Crippen LogP contribution < -0.4 is 0 Å². The number of benzene rings is 1. The molecule has 3 rings (SSSR count). The van der Waals surface area contributed by atoms with Crippen LogP contribution in [0.2, 0.25) is 0 Å². The molecule has 2 aromatic rings. The molecule has 122 valence electrons. The van der Waals surface area contributed by atoms with E-state index in [1.807, 2.05) is 30.5 Å². The summed E-state index contributed by atoms with van der Waals surface area (Å²) in [6.45, 7) is 3.51. The lowest BCUT2D eigenvalue weighted by Crippen LogP contribution is -2.41. The molecule has 23 heavy (non-hydrogen) atoms. The number of nitrogens with one attached hydrogen (secondary N) is 1. The predicted octanol–water partition coefficient (Wildman–Crippen LogP) is 2.51. The summed E-state index contributed by atoms with van der Waals surface area (Å²) in [5, 5.41) is 1.01. The zero-order chi connectivity index (χ0) is 16.2. The number of amides is 1. The van der Waals surface area contributed by atoms with Crippen molar-refractivity contribution in [2.45, 2.75) is 26.2 Å². The summed E-state index contributed by atoms with van der Waals surface area (Å²) in [5.41, 5.74) is 1.89. The van der Waals surface area contributed by atoms with Crippen LogP contribution in [0.3, 0.4) is 0 Å². The number of ether oxygens (including phenoxy) is 1. The Labute approximate surface area is 135 Å². The van der Waals surface area contributed by atoms with Crippen LogP contribution in [0.25, 0.3) is 10.9 Å². The van der Waals surface area contributed by atoms with Gasteiger partial charge in [-0.25, -0.2) is 0 Å². The Hall–Kier alpha value is -2.30. The molecule has 0 saturated carbocycles. The van der Waals surface area contributed by atoms with Crippen LogP contribution in [0.5, 0.6) is 0 Å². The average Bonchev–Trinajstić information content (AvgIpc) is 2.96. The molecular formula is C18H22N2O3. The molecule has 1 amide bonds. The van der Waals surface area contributed by atoms with Crippen molar-refractivity contribution >= 4 is 22.8 Å². The van der Waals surface area contributed by atoms with Crippen LogP contribution in [0.4, 0.5) is 0 Å². The van der Waals surface area contributed by atoms with E-state index in [0.29, 0.717) is 5.92 Å². The normalized spacial score (nSPS) is 18.1. The number of aromatic amines is 1. The monoisotopic (exact) mass is 314 g/mol. The summed E-state index contributed by atoms with van der Waals surface area (Å²) >= 11 is 0. The van der Waals surface area contributed by atoms with E-state index in [4.69, 9.17) is 4.74 Å². The molecule has 1 fully saturated rings. The van der Waals surface area contributed by atoms with Crippen molar-refractivity contribution in [3.8, 4) is 0 Å². The highest BCUT2D eigenvalue weighted by Crippen LogP contribution is 2.18. The van der Waals surface area contributed by atoms with E-state index in [1.54, 1.807) is 4.90 Å². The van der Waals surface area contributed by atoms with Crippen LogP contribution in [0.1, 0.15) is 25.3 Å². The fourth-order valence-electron chi connectivity index (χ4n) is 3.13. The molecule has 5 nitrogen and oxygen atoms in total. The van der Waals surface area contributed by atoms with Crippen LogP contribution >= 0.6 is 0 Å². The molecule has 5 heteroatoms. The van der Waals surface area contributed by atoms with Crippen LogP contribution in [-0.4, -0.2) is 41.5 Å². The molecule has 1 N–H and O–H groups in total. The second-order valence-corrected chi connectivity index (χ2v) is 6.28. The van der Waals surface area contributed by atoms with E-state index >= 15 is 0 Å². The third kappa shape index (κ3) is 3.73. The SMILES string of the molecule is C[C@@H]1CCCN(C(=O)COC(=O)Cc2c[nH]c3ccccc23)C1. The molecule has 1 saturated heterocycles. The van der Waals surface area contributed by atoms with Crippen molar-refractivity contribution in [1.29, 1.82) is 0 Å². The van der Waals surface area contributed by atoms with Gasteiger partial charge in [-0.15, -0.1) is 0 Å². The highest BCUT2D eigenvalue weighted by atomic mass is 16.5. The van der Waals surface area contributed by atoms with Crippen molar-refractivity contribution in [3.63, 3.8) is 0 Å². The lowest BCUT2D eigenvalue weighted by atomic mass is 10.0. The Morgan fingerprint density at radius 2 is 2.17 bits per heavy atom. The van der Waals surface area contributed by atoms with Crippen molar-refractivity contribution in [3.05, 3.63) is 36.0 Å². The fraction of sp³-hybridized carbons (Fsp3) is 0.444. The van der Waals surface area contributed by atoms with E-state index < -0.39 is 0 Å². The molecule has 0 unspecified atom stereocenters. The summed E-state index contributed by atoms with van der Waals surface area (Å²) in [6.07, 6.45) is 4.17. The van der Waals surface area contributed by atoms with Gasteiger partial charge < -0.3 is 14.6 Å². The maximum absolute atomic E-state index is 12.1. The first kappa shape index (κ1) is 15.6. The fourth-order valence-corrected chi connectivity index (χ4v) is 3.13. The molecule has 0 radical (unpaired) electrons. The number of para-hydroxylation sites is 1. The zero-order valence-corrected chi connectivity index (χ0v) is 13.4. The van der Waals surface area contributed by atoms with Crippen LogP contribution in [-0.2, 0) is 20.7 Å². The molecule has 0 aliphatic carbocycles. The first-order chi connectivity index (χ1) is 11.1. The Balaban J connectivity index is 1.52. The van der Waals surface area contributed by atoms with E-state index in [9.17, 15) is 9.59 Å². The standard InChI is InChI=1S/C18H22N2O3/c1-13-5-4-8-20(11-13)17(21)12-23-18(22)9-14-10-19-16-7-3-2-6-15(14)16/h2-3,6-7,10,13,19H,4-5,8-9,11-12H2,1H3/t13-/m1/s1.